The summed E-state index contributed by atoms with van der Waals surface area (Å²) in [6.07, 6.45) is 0.659. The fourth-order valence-corrected chi connectivity index (χ4v) is 8.60. The Kier molecular flexibility index (Phi) is 6.58. The molecule has 0 amide bonds. The van der Waals surface area contributed by atoms with Gasteiger partial charge in [-0.05, 0) is 50.4 Å². The van der Waals surface area contributed by atoms with Gasteiger partial charge in [0, 0.05) is 57.3 Å². The van der Waals surface area contributed by atoms with E-state index in [0.717, 1.165) is 38.0 Å². The molecule has 5 aromatic heterocycles. The molecule has 49 heavy (non-hydrogen) atoms. The second-order valence-electron chi connectivity index (χ2n) is 13.7. The van der Waals surface area contributed by atoms with E-state index in [1.807, 2.05) is 10.7 Å². The van der Waals surface area contributed by atoms with Crippen LogP contribution in [0, 0.1) is 6.92 Å². The van der Waals surface area contributed by atoms with Gasteiger partial charge in [0.1, 0.15) is 24.3 Å². The Morgan fingerprint density at radius 1 is 1.10 bits per heavy atom. The van der Waals surface area contributed by atoms with E-state index in [0.29, 0.717) is 64.8 Å². The molecule has 256 valence electrons. The van der Waals surface area contributed by atoms with Crippen molar-refractivity contribution < 1.29 is 22.3 Å². The Bertz CT molecular complexity index is 2270. The lowest BCUT2D eigenvalue weighted by Gasteiger charge is -2.31. The molecule has 0 aliphatic carbocycles. The number of H-pyrrole nitrogens is 1. The highest BCUT2D eigenvalue weighted by atomic mass is 19.4. The van der Waals surface area contributed by atoms with Gasteiger partial charge in [-0.3, -0.25) is 19.4 Å². The van der Waals surface area contributed by atoms with Crippen molar-refractivity contribution in [2.75, 3.05) is 31.1 Å². The first-order valence-corrected chi connectivity index (χ1v) is 16.6. The predicted molar refractivity (Wildman–Crippen MR) is 174 cm³/mol. The summed E-state index contributed by atoms with van der Waals surface area (Å²) in [5.41, 5.74) is 2.13. The number of fused-ring (bicyclic) bond motifs is 6. The third-order valence-electron chi connectivity index (χ3n) is 10.7. The molecular weight excluding hydrogens is 642 g/mol. The van der Waals surface area contributed by atoms with E-state index in [2.05, 4.69) is 25.1 Å². The number of aromatic amines is 1. The summed E-state index contributed by atoms with van der Waals surface area (Å²) in [5.74, 6) is 0.596. The van der Waals surface area contributed by atoms with E-state index in [-0.39, 0.29) is 29.4 Å². The Morgan fingerprint density at radius 2 is 1.96 bits per heavy atom. The number of anilines is 1. The van der Waals surface area contributed by atoms with E-state index >= 15 is 0 Å². The minimum Gasteiger partial charge on any atom is -0.461 e. The molecule has 1 N–H and O–H groups in total. The maximum atomic E-state index is 14.8. The van der Waals surface area contributed by atoms with Gasteiger partial charge in [-0.15, -0.1) is 0 Å². The van der Waals surface area contributed by atoms with Crippen LogP contribution in [0.5, 0.6) is 6.01 Å². The molecule has 3 aliphatic heterocycles. The lowest BCUT2D eigenvalue weighted by atomic mass is 9.95. The molecule has 0 saturated carbocycles. The van der Waals surface area contributed by atoms with Gasteiger partial charge >= 0.3 is 12.2 Å². The summed E-state index contributed by atoms with van der Waals surface area (Å²) < 4.78 is 70.8. The number of nitrogens with zero attached hydrogens (tertiary/aromatic N) is 10. The zero-order valence-electron chi connectivity index (χ0n) is 27.4. The second kappa shape index (κ2) is 10.6. The third-order valence-corrected chi connectivity index (χ3v) is 10.7. The number of aryl methyl sites for hydroxylation is 4. The number of benzene rings is 1. The van der Waals surface area contributed by atoms with Crippen LogP contribution < -0.4 is 9.64 Å². The number of alkyl halides is 4. The first-order valence-electron chi connectivity index (χ1n) is 16.6. The average molecular weight is 678 g/mol. The minimum atomic E-state index is -4.65. The molecule has 2 fully saturated rings. The maximum absolute atomic E-state index is 14.8. The quantitative estimate of drug-likeness (QED) is 0.245. The van der Waals surface area contributed by atoms with Crippen molar-refractivity contribution in [2.24, 2.45) is 14.1 Å². The summed E-state index contributed by atoms with van der Waals surface area (Å²) in [6, 6.07) is 3.59. The van der Waals surface area contributed by atoms with Gasteiger partial charge in [0.2, 0.25) is 0 Å². The molecule has 0 radical (unpaired) electrons. The van der Waals surface area contributed by atoms with Crippen LogP contribution in [0.15, 0.2) is 24.5 Å². The van der Waals surface area contributed by atoms with Crippen molar-refractivity contribution in [1.82, 2.24) is 49.2 Å². The third kappa shape index (κ3) is 4.55. The van der Waals surface area contributed by atoms with Crippen molar-refractivity contribution in [2.45, 2.75) is 63.6 Å². The Hall–Kier alpha value is -4.73. The van der Waals surface area contributed by atoms with Gasteiger partial charge in [-0.2, -0.15) is 38.4 Å². The first-order chi connectivity index (χ1) is 23.5. The van der Waals surface area contributed by atoms with Crippen LogP contribution in [0.2, 0.25) is 0 Å². The van der Waals surface area contributed by atoms with Crippen molar-refractivity contribution in [1.29, 1.82) is 0 Å². The monoisotopic (exact) mass is 677 g/mol. The van der Waals surface area contributed by atoms with E-state index in [1.165, 1.54) is 19.2 Å². The average Bonchev–Trinajstić information content (AvgIpc) is 3.88. The van der Waals surface area contributed by atoms with E-state index in [4.69, 9.17) is 19.8 Å². The van der Waals surface area contributed by atoms with Gasteiger partial charge < -0.3 is 14.2 Å². The molecular formula is C33H35F4N11O. The number of aromatic nitrogens is 9. The topological polar surface area (TPSA) is 111 Å². The van der Waals surface area contributed by atoms with Crippen LogP contribution >= 0.6 is 0 Å². The Morgan fingerprint density at radius 3 is 2.80 bits per heavy atom. The van der Waals surface area contributed by atoms with Crippen LogP contribution in [0.3, 0.4) is 0 Å². The zero-order chi connectivity index (χ0) is 33.8. The molecule has 3 aliphatic rings. The molecule has 8 heterocycles. The number of rotatable bonds is 5. The van der Waals surface area contributed by atoms with Gasteiger partial charge in [0.15, 0.2) is 5.65 Å². The summed E-state index contributed by atoms with van der Waals surface area (Å²) in [7, 11) is 3.51. The highest BCUT2D eigenvalue weighted by molar-refractivity contribution is 6.15. The molecule has 12 nitrogen and oxygen atoms in total. The highest BCUT2D eigenvalue weighted by Crippen LogP contribution is 2.47. The van der Waals surface area contributed by atoms with Crippen LogP contribution in [-0.2, 0) is 33.4 Å². The SMILES string of the molecule is Cc1cc2[nH]ncc2c(-c2nn(C)c3c4c(N5CCCn6nccc6C5)nc(OC[C@@]56CCCN5C[C@H](F)C6)nc4n(C)c23)c1C(F)(F)F. The Balaban J connectivity index is 1.27. The molecule has 0 unspecified atom stereocenters. The first kappa shape index (κ1) is 30.3. The van der Waals surface area contributed by atoms with Crippen LogP contribution in [0.25, 0.3) is 44.2 Å². The number of halogens is 4. The van der Waals surface area contributed by atoms with Crippen molar-refractivity contribution >= 4 is 38.8 Å². The maximum Gasteiger partial charge on any atom is 0.417 e. The van der Waals surface area contributed by atoms with Gasteiger partial charge in [0.05, 0.1) is 51.5 Å². The second-order valence-corrected chi connectivity index (χ2v) is 13.7. The van der Waals surface area contributed by atoms with Crippen LogP contribution in [-0.4, -0.2) is 87.1 Å². The molecule has 0 bridgehead atoms. The fourth-order valence-electron chi connectivity index (χ4n) is 8.60. The summed E-state index contributed by atoms with van der Waals surface area (Å²) in [4.78, 5) is 14.2. The molecule has 16 heteroatoms. The van der Waals surface area contributed by atoms with Gasteiger partial charge in [-0.1, -0.05) is 0 Å². The summed E-state index contributed by atoms with van der Waals surface area (Å²) in [5, 5.41) is 17.1. The standard InChI is InChI=1S/C33H35F4N11O/c1-18-12-22-21(14-38-42-22)23(25(18)33(35,36)37)26-28-27(45(3)43-26)24-29(44(28)2)40-31(49-17-32-7-4-10-47(32)15-19(34)13-32)41-30(24)46-9-5-11-48-20(16-46)6-8-39-48/h6,8,12,14,19H,4-5,7,9-11,13,15-17H2,1-3H3,(H,38,42)/t19-,32+/m1/s1. The number of hydrogen-bond donors (Lipinski definition) is 1. The van der Waals surface area contributed by atoms with Crippen molar-refractivity contribution in [3.8, 4) is 17.3 Å². The molecule has 6 aromatic rings. The largest absolute Gasteiger partial charge is 0.461 e. The smallest absolute Gasteiger partial charge is 0.417 e. The van der Waals surface area contributed by atoms with E-state index in [9.17, 15) is 17.6 Å². The molecule has 2 atom stereocenters. The van der Waals surface area contributed by atoms with Gasteiger partial charge in [0.25, 0.3) is 0 Å². The predicted octanol–water partition coefficient (Wildman–Crippen LogP) is 5.29. The van der Waals surface area contributed by atoms with Crippen molar-refractivity contribution in [3.05, 3.63) is 41.3 Å². The normalized spacial score (nSPS) is 21.7. The zero-order valence-corrected chi connectivity index (χ0v) is 27.4. The minimum absolute atomic E-state index is 0.0418. The van der Waals surface area contributed by atoms with Crippen molar-refractivity contribution in [3.63, 3.8) is 0 Å². The summed E-state index contributed by atoms with van der Waals surface area (Å²) in [6.45, 7) is 4.84. The number of nitrogens with one attached hydrogen (secondary N) is 1. The Labute approximate surface area is 277 Å². The number of hydrogen-bond acceptors (Lipinski definition) is 8. The van der Waals surface area contributed by atoms with E-state index < -0.39 is 23.5 Å². The molecule has 0 spiro atoms. The van der Waals surface area contributed by atoms with Gasteiger partial charge in [-0.25, -0.2) is 4.39 Å². The fraction of sp³-hybridized carbons (Fsp3) is 0.485. The lowest BCUT2D eigenvalue weighted by molar-refractivity contribution is -0.137. The summed E-state index contributed by atoms with van der Waals surface area (Å²) >= 11 is 0. The highest BCUT2D eigenvalue weighted by Gasteiger charge is 2.49. The molecule has 2 saturated heterocycles. The molecule has 1 aromatic carbocycles. The number of ether oxygens (including phenoxy) is 1. The van der Waals surface area contributed by atoms with Crippen LogP contribution in [0.4, 0.5) is 23.4 Å². The van der Waals surface area contributed by atoms with Crippen LogP contribution in [0.1, 0.15) is 42.5 Å². The van der Waals surface area contributed by atoms with E-state index in [1.54, 1.807) is 29.5 Å². The molecule has 9 rings (SSSR count). The lowest BCUT2D eigenvalue weighted by Crippen LogP contribution is -2.43.